The third-order valence-electron chi connectivity index (χ3n) is 7.77. The molecule has 9 heteroatoms. The van der Waals surface area contributed by atoms with Crippen LogP contribution in [-0.4, -0.2) is 83.7 Å². The molecule has 1 aromatic heterocycles. The predicted molar refractivity (Wildman–Crippen MR) is 129 cm³/mol. The maximum Gasteiger partial charge on any atom is 0.325 e. The van der Waals surface area contributed by atoms with Crippen LogP contribution in [0.4, 0.5) is 4.79 Å². The standard InChI is InChI=1S/C25H32N4O4S/c1-5-29-24(31)28-15-17-13-18(32-3)14-19(33-4)21(17)16(2)12-20(28)25(29)6-9-27(10-7-25)23(30)22-26-8-11-34-22/h8,11-13,16,19H,5-7,9-10,14-15H2,1-4H3. The van der Waals surface area contributed by atoms with Crippen LogP contribution in [0.2, 0.25) is 0 Å². The van der Waals surface area contributed by atoms with Gasteiger partial charge in [0, 0.05) is 56.4 Å². The van der Waals surface area contributed by atoms with Crippen LogP contribution in [0.3, 0.4) is 0 Å². The lowest BCUT2D eigenvalue weighted by Gasteiger charge is -2.44. The first-order chi connectivity index (χ1) is 16.4. The SMILES string of the molecule is CCN1C(=O)N2CC3=C(C(C)C=C2C12CCN(C(=O)c1nccs1)CC2)C(OC)CC(OC)=C3. The smallest absolute Gasteiger partial charge is 0.325 e. The number of ether oxygens (including phenoxy) is 2. The number of rotatable bonds is 4. The summed E-state index contributed by atoms with van der Waals surface area (Å²) < 4.78 is 11.4. The van der Waals surface area contributed by atoms with Crippen molar-refractivity contribution in [3.05, 3.63) is 51.3 Å². The minimum atomic E-state index is -0.398. The second kappa shape index (κ2) is 8.85. The molecule has 4 heterocycles. The molecule has 2 atom stereocenters. The zero-order chi connectivity index (χ0) is 24.0. The molecule has 3 aliphatic heterocycles. The number of nitrogens with zero attached hydrogens (tertiary/aromatic N) is 4. The van der Waals surface area contributed by atoms with E-state index in [0.717, 1.165) is 29.9 Å². The summed E-state index contributed by atoms with van der Waals surface area (Å²) in [5, 5.41) is 2.35. The van der Waals surface area contributed by atoms with Gasteiger partial charge in [0.2, 0.25) is 0 Å². The molecular formula is C25H32N4O4S. The minimum absolute atomic E-state index is 0.0189. The fourth-order valence-electron chi connectivity index (χ4n) is 6.14. The third-order valence-corrected chi connectivity index (χ3v) is 8.53. The van der Waals surface area contributed by atoms with E-state index in [1.54, 1.807) is 20.4 Å². The van der Waals surface area contributed by atoms with Gasteiger partial charge in [-0.3, -0.25) is 9.69 Å². The Kier molecular flexibility index (Phi) is 6.02. The molecule has 0 saturated carbocycles. The molecule has 3 amide bonds. The fourth-order valence-corrected chi connectivity index (χ4v) is 6.74. The average molecular weight is 485 g/mol. The number of carbonyl (C=O) groups is 2. The van der Waals surface area contributed by atoms with Crippen LogP contribution in [0, 0.1) is 5.92 Å². The van der Waals surface area contributed by atoms with Crippen molar-refractivity contribution < 1.29 is 19.1 Å². The van der Waals surface area contributed by atoms with Gasteiger partial charge in [-0.15, -0.1) is 11.3 Å². The molecule has 2 fully saturated rings. The summed E-state index contributed by atoms with van der Waals surface area (Å²) in [5.74, 6) is 0.990. The van der Waals surface area contributed by atoms with E-state index in [9.17, 15) is 9.59 Å². The molecular weight excluding hydrogens is 452 g/mol. The highest BCUT2D eigenvalue weighted by Crippen LogP contribution is 2.47. The highest BCUT2D eigenvalue weighted by molar-refractivity contribution is 7.11. The molecule has 4 aliphatic rings. The normalized spacial score (nSPS) is 26.2. The fraction of sp³-hybridized carbons (Fsp3) is 0.560. The van der Waals surface area contributed by atoms with Crippen molar-refractivity contribution in [2.75, 3.05) is 40.4 Å². The van der Waals surface area contributed by atoms with E-state index in [1.807, 2.05) is 27.0 Å². The Hall–Kier alpha value is -2.65. The molecule has 5 rings (SSSR count). The van der Waals surface area contributed by atoms with Crippen molar-refractivity contribution in [1.29, 1.82) is 0 Å². The molecule has 34 heavy (non-hydrogen) atoms. The highest BCUT2D eigenvalue weighted by Gasteiger charge is 2.55. The van der Waals surface area contributed by atoms with Crippen molar-refractivity contribution in [2.45, 2.75) is 44.8 Å². The lowest BCUT2D eigenvalue weighted by Crippen LogP contribution is -2.54. The van der Waals surface area contributed by atoms with Crippen molar-refractivity contribution in [2.24, 2.45) is 5.92 Å². The first-order valence-corrected chi connectivity index (χ1v) is 12.8. The van der Waals surface area contributed by atoms with Gasteiger partial charge in [-0.05, 0) is 37.0 Å². The summed E-state index contributed by atoms with van der Waals surface area (Å²) in [6, 6.07) is 0.0429. The van der Waals surface area contributed by atoms with Crippen LogP contribution < -0.4 is 0 Å². The topological polar surface area (TPSA) is 75.2 Å². The summed E-state index contributed by atoms with van der Waals surface area (Å²) in [7, 11) is 3.42. The van der Waals surface area contributed by atoms with E-state index in [2.05, 4.69) is 24.1 Å². The van der Waals surface area contributed by atoms with Gasteiger partial charge in [0.05, 0.1) is 31.1 Å². The second-order valence-electron chi connectivity index (χ2n) is 9.34. The van der Waals surface area contributed by atoms with Gasteiger partial charge in [0.25, 0.3) is 5.91 Å². The molecule has 8 nitrogen and oxygen atoms in total. The van der Waals surface area contributed by atoms with Gasteiger partial charge in [-0.25, -0.2) is 9.78 Å². The quantitative estimate of drug-likeness (QED) is 0.652. The summed E-state index contributed by atoms with van der Waals surface area (Å²) in [6.45, 7) is 6.58. The van der Waals surface area contributed by atoms with Gasteiger partial charge < -0.3 is 19.3 Å². The van der Waals surface area contributed by atoms with Crippen molar-refractivity contribution >= 4 is 23.3 Å². The third kappa shape index (κ3) is 3.48. The Labute approximate surface area is 204 Å². The molecule has 2 unspecified atom stereocenters. The number of hydrogen-bond acceptors (Lipinski definition) is 6. The number of hydrogen-bond donors (Lipinski definition) is 0. The Morgan fingerprint density at radius 3 is 2.68 bits per heavy atom. The maximum atomic E-state index is 13.7. The Morgan fingerprint density at radius 2 is 2.06 bits per heavy atom. The van der Waals surface area contributed by atoms with Gasteiger partial charge in [-0.2, -0.15) is 0 Å². The van der Waals surface area contributed by atoms with E-state index < -0.39 is 5.54 Å². The molecule has 0 radical (unpaired) electrons. The molecule has 182 valence electrons. The van der Waals surface area contributed by atoms with Gasteiger partial charge in [0.1, 0.15) is 0 Å². The molecule has 0 bridgehead atoms. The molecule has 1 aliphatic carbocycles. The zero-order valence-electron chi connectivity index (χ0n) is 20.2. The van der Waals surface area contributed by atoms with Gasteiger partial charge in [0.15, 0.2) is 5.01 Å². The van der Waals surface area contributed by atoms with Gasteiger partial charge in [-0.1, -0.05) is 13.0 Å². The van der Waals surface area contributed by atoms with Crippen molar-refractivity contribution in [3.8, 4) is 0 Å². The number of amides is 3. The van der Waals surface area contributed by atoms with E-state index >= 15 is 0 Å². The Morgan fingerprint density at radius 1 is 1.29 bits per heavy atom. The Bertz CT molecular complexity index is 1070. The summed E-state index contributed by atoms with van der Waals surface area (Å²) >= 11 is 1.37. The van der Waals surface area contributed by atoms with Crippen LogP contribution in [-0.2, 0) is 9.47 Å². The minimum Gasteiger partial charge on any atom is -0.501 e. The number of likely N-dealkylation sites (tertiary alicyclic amines) is 1. The van der Waals surface area contributed by atoms with E-state index in [1.165, 1.54) is 16.9 Å². The number of fused-ring (bicyclic) bond motifs is 2. The lowest BCUT2D eigenvalue weighted by atomic mass is 9.81. The average Bonchev–Trinajstić information content (AvgIpc) is 3.42. The number of carbonyl (C=O) groups excluding carboxylic acids is 2. The number of urea groups is 1. The lowest BCUT2D eigenvalue weighted by molar-refractivity contribution is 0.0574. The van der Waals surface area contributed by atoms with E-state index in [-0.39, 0.29) is 24.0 Å². The molecule has 0 N–H and O–H groups in total. The van der Waals surface area contributed by atoms with Crippen LogP contribution >= 0.6 is 11.3 Å². The first-order valence-electron chi connectivity index (χ1n) is 11.9. The van der Waals surface area contributed by atoms with Gasteiger partial charge >= 0.3 is 6.03 Å². The highest BCUT2D eigenvalue weighted by atomic mass is 32.1. The number of piperidine rings is 1. The summed E-state index contributed by atoms with van der Waals surface area (Å²) in [6.07, 6.45) is 8.10. The zero-order valence-corrected chi connectivity index (χ0v) is 21.1. The number of likely N-dealkylation sites (N-methyl/N-ethyl adjacent to an activating group) is 1. The first kappa shape index (κ1) is 23.1. The molecule has 2 saturated heterocycles. The monoisotopic (exact) mass is 484 g/mol. The summed E-state index contributed by atoms with van der Waals surface area (Å²) in [5.41, 5.74) is 3.01. The van der Waals surface area contributed by atoms with Crippen LogP contribution in [0.25, 0.3) is 0 Å². The van der Waals surface area contributed by atoms with E-state index in [4.69, 9.17) is 9.47 Å². The molecule has 1 spiro atoms. The van der Waals surface area contributed by atoms with Crippen LogP contribution in [0.5, 0.6) is 0 Å². The second-order valence-corrected chi connectivity index (χ2v) is 10.2. The molecule has 1 aromatic rings. The van der Waals surface area contributed by atoms with E-state index in [0.29, 0.717) is 37.6 Å². The number of methoxy groups -OCH3 is 2. The number of thiazole rings is 1. The van der Waals surface area contributed by atoms with Crippen LogP contribution in [0.15, 0.2) is 46.3 Å². The Balaban J connectivity index is 1.48. The van der Waals surface area contributed by atoms with Crippen LogP contribution in [0.1, 0.15) is 42.9 Å². The van der Waals surface area contributed by atoms with Crippen molar-refractivity contribution in [3.63, 3.8) is 0 Å². The summed E-state index contributed by atoms with van der Waals surface area (Å²) in [4.78, 5) is 36.6. The van der Waals surface area contributed by atoms with Crippen molar-refractivity contribution in [1.82, 2.24) is 19.7 Å². The maximum absolute atomic E-state index is 13.7. The predicted octanol–water partition coefficient (Wildman–Crippen LogP) is 3.65. The number of aromatic nitrogens is 1. The largest absolute Gasteiger partial charge is 0.501 e. The number of allylic oxidation sites excluding steroid dienone is 1. The molecule has 0 aromatic carbocycles.